The number of anilines is 2. The normalized spacial score (nSPS) is 13.1. The highest BCUT2D eigenvalue weighted by molar-refractivity contribution is 5.60. The molecule has 32 heavy (non-hydrogen) atoms. The van der Waals surface area contributed by atoms with Crippen molar-refractivity contribution in [2.24, 2.45) is 0 Å². The number of nitrogens with one attached hydrogen (secondary N) is 1. The molecular formula is C23H18F7NO. The van der Waals surface area contributed by atoms with Crippen LogP contribution in [0.25, 0.3) is 0 Å². The highest BCUT2D eigenvalue weighted by atomic mass is 19.4. The Hall–Kier alpha value is -3.07. The molecule has 1 atom stereocenters. The van der Waals surface area contributed by atoms with Crippen molar-refractivity contribution in [3.63, 3.8) is 0 Å². The van der Waals surface area contributed by atoms with Gasteiger partial charge in [-0.3, -0.25) is 0 Å². The van der Waals surface area contributed by atoms with Gasteiger partial charge in [-0.2, -0.15) is 26.3 Å². The first-order valence-electron chi connectivity index (χ1n) is 9.46. The molecule has 3 rings (SSSR count). The molecule has 0 aliphatic heterocycles. The highest BCUT2D eigenvalue weighted by Crippen LogP contribution is 2.38. The van der Waals surface area contributed by atoms with Gasteiger partial charge in [-0.25, -0.2) is 4.39 Å². The summed E-state index contributed by atoms with van der Waals surface area (Å²) in [7, 11) is 0. The number of alkyl halides is 6. The molecule has 0 aliphatic carbocycles. The summed E-state index contributed by atoms with van der Waals surface area (Å²) in [5, 5.41) is 2.87. The maximum atomic E-state index is 14.1. The van der Waals surface area contributed by atoms with Gasteiger partial charge in [0, 0.05) is 5.69 Å². The van der Waals surface area contributed by atoms with E-state index in [1.165, 1.54) is 12.1 Å². The Bertz CT molecular complexity index is 1030. The molecule has 0 bridgehead atoms. The standard InChI is InChI=1S/C23H18F7NO/c24-20-10-9-15(11-21(20)31-18-7-2-1-3-8-18)13-32-14-19(23(28,29)30)16-5-4-6-17(12-16)22(25,26)27/h1-12,19,31H,13-14H2. The summed E-state index contributed by atoms with van der Waals surface area (Å²) >= 11 is 0. The third kappa shape index (κ3) is 6.23. The van der Waals surface area contributed by atoms with Crippen molar-refractivity contribution in [3.8, 4) is 0 Å². The van der Waals surface area contributed by atoms with Crippen LogP contribution in [0.2, 0.25) is 0 Å². The van der Waals surface area contributed by atoms with Crippen molar-refractivity contribution >= 4 is 11.4 Å². The molecule has 1 unspecified atom stereocenters. The Kier molecular flexibility index (Phi) is 7.08. The molecule has 0 spiro atoms. The fourth-order valence-corrected chi connectivity index (χ4v) is 3.04. The molecule has 0 saturated carbocycles. The van der Waals surface area contributed by atoms with E-state index in [2.05, 4.69) is 5.32 Å². The van der Waals surface area contributed by atoms with Crippen LogP contribution in [0.3, 0.4) is 0 Å². The first-order valence-corrected chi connectivity index (χ1v) is 9.46. The van der Waals surface area contributed by atoms with Crippen molar-refractivity contribution in [2.75, 3.05) is 11.9 Å². The summed E-state index contributed by atoms with van der Waals surface area (Å²) < 4.78 is 98.4. The molecule has 0 fully saturated rings. The van der Waals surface area contributed by atoms with Crippen LogP contribution in [0.4, 0.5) is 42.1 Å². The lowest BCUT2D eigenvalue weighted by atomic mass is 9.97. The quantitative estimate of drug-likeness (QED) is 0.372. The first-order chi connectivity index (χ1) is 15.0. The average Bonchev–Trinajstić information content (AvgIpc) is 2.73. The molecule has 0 radical (unpaired) electrons. The molecule has 3 aromatic rings. The lowest BCUT2D eigenvalue weighted by Gasteiger charge is -2.22. The molecule has 1 N–H and O–H groups in total. The number of ether oxygens (including phenoxy) is 1. The molecule has 0 amide bonds. The lowest BCUT2D eigenvalue weighted by Crippen LogP contribution is -2.26. The number of hydrogen-bond donors (Lipinski definition) is 1. The Labute approximate surface area is 179 Å². The van der Waals surface area contributed by atoms with Crippen LogP contribution in [0.5, 0.6) is 0 Å². The largest absolute Gasteiger partial charge is 0.416 e. The number of para-hydroxylation sites is 1. The Balaban J connectivity index is 1.71. The second kappa shape index (κ2) is 9.60. The van der Waals surface area contributed by atoms with Crippen LogP contribution < -0.4 is 5.32 Å². The number of halogens is 7. The van der Waals surface area contributed by atoms with Crippen LogP contribution in [-0.4, -0.2) is 12.8 Å². The number of hydrogen-bond acceptors (Lipinski definition) is 2. The van der Waals surface area contributed by atoms with Crippen molar-refractivity contribution in [1.82, 2.24) is 0 Å². The summed E-state index contributed by atoms with van der Waals surface area (Å²) in [5.41, 5.74) is -0.583. The van der Waals surface area contributed by atoms with Crippen molar-refractivity contribution in [3.05, 3.63) is 95.3 Å². The predicted octanol–water partition coefficient (Wildman–Crippen LogP) is 7.45. The molecule has 170 valence electrons. The summed E-state index contributed by atoms with van der Waals surface area (Å²) in [6.45, 7) is -1.17. The van der Waals surface area contributed by atoms with Gasteiger partial charge in [0.2, 0.25) is 0 Å². The summed E-state index contributed by atoms with van der Waals surface area (Å²) in [5.74, 6) is -2.80. The van der Waals surface area contributed by atoms with E-state index >= 15 is 0 Å². The van der Waals surface area contributed by atoms with Gasteiger partial charge in [0.15, 0.2) is 0 Å². The second-order valence-electron chi connectivity index (χ2n) is 7.04. The van der Waals surface area contributed by atoms with Crippen molar-refractivity contribution < 1.29 is 35.5 Å². The van der Waals surface area contributed by atoms with E-state index in [-0.39, 0.29) is 12.3 Å². The maximum absolute atomic E-state index is 14.1. The van der Waals surface area contributed by atoms with Gasteiger partial charge in [-0.05, 0) is 41.5 Å². The number of rotatable bonds is 7. The lowest BCUT2D eigenvalue weighted by molar-refractivity contribution is -0.164. The van der Waals surface area contributed by atoms with Crippen LogP contribution in [-0.2, 0) is 17.5 Å². The van der Waals surface area contributed by atoms with Gasteiger partial charge < -0.3 is 10.1 Å². The summed E-state index contributed by atoms with van der Waals surface area (Å²) in [6, 6.07) is 15.7. The Morgan fingerprint density at radius 3 is 2.19 bits per heavy atom. The maximum Gasteiger partial charge on any atom is 0.416 e. The predicted molar refractivity (Wildman–Crippen MR) is 106 cm³/mol. The van der Waals surface area contributed by atoms with Crippen LogP contribution in [0.15, 0.2) is 72.8 Å². The van der Waals surface area contributed by atoms with Gasteiger partial charge in [0.05, 0.1) is 24.5 Å². The van der Waals surface area contributed by atoms with Gasteiger partial charge >= 0.3 is 12.4 Å². The number of benzene rings is 3. The van der Waals surface area contributed by atoms with E-state index in [1.54, 1.807) is 30.3 Å². The van der Waals surface area contributed by atoms with E-state index in [4.69, 9.17) is 4.74 Å². The zero-order valence-corrected chi connectivity index (χ0v) is 16.5. The Morgan fingerprint density at radius 1 is 0.812 bits per heavy atom. The smallest absolute Gasteiger partial charge is 0.376 e. The second-order valence-corrected chi connectivity index (χ2v) is 7.04. The van der Waals surface area contributed by atoms with E-state index in [0.29, 0.717) is 23.4 Å². The minimum atomic E-state index is -4.81. The fourth-order valence-electron chi connectivity index (χ4n) is 3.04. The third-order valence-electron chi connectivity index (χ3n) is 4.65. The molecule has 0 aromatic heterocycles. The van der Waals surface area contributed by atoms with Crippen LogP contribution >= 0.6 is 0 Å². The molecule has 0 heterocycles. The minimum Gasteiger partial charge on any atom is -0.376 e. The molecule has 3 aromatic carbocycles. The minimum absolute atomic E-state index is 0.113. The topological polar surface area (TPSA) is 21.3 Å². The van der Waals surface area contributed by atoms with Crippen LogP contribution in [0.1, 0.15) is 22.6 Å². The molecular weight excluding hydrogens is 439 g/mol. The molecule has 9 heteroatoms. The van der Waals surface area contributed by atoms with Crippen LogP contribution in [0, 0.1) is 5.82 Å². The fraction of sp³-hybridized carbons (Fsp3) is 0.217. The Morgan fingerprint density at radius 2 is 1.53 bits per heavy atom. The van der Waals surface area contributed by atoms with Gasteiger partial charge in [-0.15, -0.1) is 0 Å². The van der Waals surface area contributed by atoms with E-state index in [0.717, 1.165) is 18.2 Å². The third-order valence-corrected chi connectivity index (χ3v) is 4.65. The molecule has 0 aliphatic rings. The van der Waals surface area contributed by atoms with Crippen molar-refractivity contribution in [1.29, 1.82) is 0 Å². The zero-order chi connectivity index (χ0) is 23.4. The monoisotopic (exact) mass is 457 g/mol. The molecule has 2 nitrogen and oxygen atoms in total. The SMILES string of the molecule is Fc1ccc(COCC(c2cccc(C(F)(F)F)c2)C(F)(F)F)cc1Nc1ccccc1. The molecule has 0 saturated heterocycles. The van der Waals surface area contributed by atoms with Gasteiger partial charge in [-0.1, -0.05) is 42.5 Å². The zero-order valence-electron chi connectivity index (χ0n) is 16.5. The average molecular weight is 457 g/mol. The highest BCUT2D eigenvalue weighted by Gasteiger charge is 2.42. The van der Waals surface area contributed by atoms with E-state index in [9.17, 15) is 30.7 Å². The summed E-state index contributed by atoms with van der Waals surface area (Å²) in [4.78, 5) is 0. The van der Waals surface area contributed by atoms with E-state index in [1.807, 2.05) is 0 Å². The summed E-state index contributed by atoms with van der Waals surface area (Å²) in [6.07, 6.45) is -9.57. The van der Waals surface area contributed by atoms with Gasteiger partial charge in [0.25, 0.3) is 0 Å². The van der Waals surface area contributed by atoms with Crippen molar-refractivity contribution in [2.45, 2.75) is 24.9 Å². The van der Waals surface area contributed by atoms with Gasteiger partial charge in [0.1, 0.15) is 11.7 Å². The first kappa shape index (κ1) is 23.6. The van der Waals surface area contributed by atoms with E-state index < -0.39 is 41.8 Å².